The lowest BCUT2D eigenvalue weighted by Gasteiger charge is -2.17. The molecule has 17 heavy (non-hydrogen) atoms. The number of carboxylic acids is 1. The van der Waals surface area contributed by atoms with Gasteiger partial charge in [-0.3, -0.25) is 9.59 Å². The summed E-state index contributed by atoms with van der Waals surface area (Å²) in [6.45, 7) is 2.82. The molecule has 1 fully saturated rings. The lowest BCUT2D eigenvalue weighted by molar-refractivity contribution is -0.137. The third-order valence-electron chi connectivity index (χ3n) is 3.38. The maximum absolute atomic E-state index is 11.6. The Morgan fingerprint density at radius 1 is 1.47 bits per heavy atom. The number of aliphatic carboxylic acids is 1. The van der Waals surface area contributed by atoms with E-state index in [9.17, 15) is 9.59 Å². The Hall–Kier alpha value is -1.10. The largest absolute Gasteiger partial charge is 0.481 e. The molecule has 1 aliphatic rings. The second-order valence-electron chi connectivity index (χ2n) is 5.01. The number of hydrogen-bond donors (Lipinski definition) is 3. The molecule has 1 saturated carbocycles. The first-order valence-electron chi connectivity index (χ1n) is 6.24. The molecule has 1 atom stereocenters. The van der Waals surface area contributed by atoms with Crippen molar-refractivity contribution in [3.63, 3.8) is 0 Å². The molecule has 0 radical (unpaired) electrons. The van der Waals surface area contributed by atoms with Gasteiger partial charge in [-0.1, -0.05) is 13.3 Å². The average molecular weight is 242 g/mol. The van der Waals surface area contributed by atoms with E-state index in [4.69, 9.17) is 10.8 Å². The molecule has 5 nitrogen and oxygen atoms in total. The quantitative estimate of drug-likeness (QED) is 0.589. The van der Waals surface area contributed by atoms with Crippen molar-refractivity contribution in [1.29, 1.82) is 0 Å². The zero-order valence-corrected chi connectivity index (χ0v) is 10.4. The normalized spacial score (nSPS) is 18.5. The molecule has 0 aromatic rings. The van der Waals surface area contributed by atoms with Gasteiger partial charge in [-0.2, -0.15) is 0 Å². The summed E-state index contributed by atoms with van der Waals surface area (Å²) < 4.78 is 0. The van der Waals surface area contributed by atoms with Crippen LogP contribution in [-0.2, 0) is 9.59 Å². The Balaban J connectivity index is 2.22. The molecular weight excluding hydrogens is 220 g/mol. The smallest absolute Gasteiger partial charge is 0.303 e. The molecule has 0 heterocycles. The van der Waals surface area contributed by atoms with Crippen LogP contribution < -0.4 is 11.1 Å². The van der Waals surface area contributed by atoms with Crippen LogP contribution in [0.25, 0.3) is 0 Å². The molecule has 98 valence electrons. The molecule has 1 unspecified atom stereocenters. The highest BCUT2D eigenvalue weighted by atomic mass is 16.4. The molecular formula is C12H22N2O3. The first kappa shape index (κ1) is 14.0. The van der Waals surface area contributed by atoms with Crippen molar-refractivity contribution in [2.24, 2.45) is 11.1 Å². The van der Waals surface area contributed by atoms with Gasteiger partial charge in [0.25, 0.3) is 0 Å². The van der Waals surface area contributed by atoms with Gasteiger partial charge < -0.3 is 16.2 Å². The van der Waals surface area contributed by atoms with E-state index in [2.05, 4.69) is 12.2 Å². The number of nitrogens with one attached hydrogen (secondary N) is 1. The fourth-order valence-corrected chi connectivity index (χ4v) is 2.04. The highest BCUT2D eigenvalue weighted by molar-refractivity contribution is 5.82. The van der Waals surface area contributed by atoms with Crippen LogP contribution in [0.15, 0.2) is 0 Å². The predicted molar refractivity (Wildman–Crippen MR) is 64.4 cm³/mol. The van der Waals surface area contributed by atoms with Crippen molar-refractivity contribution in [3.05, 3.63) is 0 Å². The molecule has 5 heteroatoms. The van der Waals surface area contributed by atoms with Crippen molar-refractivity contribution < 1.29 is 14.7 Å². The number of hydrogen-bond acceptors (Lipinski definition) is 3. The molecule has 0 aromatic heterocycles. The average Bonchev–Trinajstić information content (AvgIpc) is 3.03. The van der Waals surface area contributed by atoms with Gasteiger partial charge in [0, 0.05) is 13.0 Å². The van der Waals surface area contributed by atoms with E-state index in [1.165, 1.54) is 12.8 Å². The number of nitrogens with two attached hydrogens (primary N) is 1. The van der Waals surface area contributed by atoms with E-state index in [0.717, 1.165) is 12.8 Å². The van der Waals surface area contributed by atoms with E-state index >= 15 is 0 Å². The zero-order chi connectivity index (χ0) is 12.9. The second kappa shape index (κ2) is 6.00. The van der Waals surface area contributed by atoms with Gasteiger partial charge in [0.15, 0.2) is 0 Å². The van der Waals surface area contributed by atoms with Crippen LogP contribution in [0.4, 0.5) is 0 Å². The van der Waals surface area contributed by atoms with Gasteiger partial charge in [0.05, 0.1) is 6.04 Å². The summed E-state index contributed by atoms with van der Waals surface area (Å²) in [6, 6.07) is -0.705. The molecule has 0 spiro atoms. The number of amides is 1. The van der Waals surface area contributed by atoms with Gasteiger partial charge >= 0.3 is 5.97 Å². The van der Waals surface area contributed by atoms with Crippen molar-refractivity contribution in [2.45, 2.75) is 51.5 Å². The summed E-state index contributed by atoms with van der Waals surface area (Å²) >= 11 is 0. The van der Waals surface area contributed by atoms with E-state index < -0.39 is 12.0 Å². The first-order chi connectivity index (χ1) is 7.99. The molecule has 1 aliphatic carbocycles. The Bertz CT molecular complexity index is 287. The minimum atomic E-state index is -0.919. The topological polar surface area (TPSA) is 92.4 Å². The Labute approximate surface area is 102 Å². The second-order valence-corrected chi connectivity index (χ2v) is 5.01. The summed E-state index contributed by atoms with van der Waals surface area (Å²) in [4.78, 5) is 22.0. The number of carbonyl (C=O) groups is 2. The van der Waals surface area contributed by atoms with Crippen LogP contribution >= 0.6 is 0 Å². The Kier molecular flexibility index (Phi) is 4.93. The minimum Gasteiger partial charge on any atom is -0.481 e. The highest BCUT2D eigenvalue weighted by Gasteiger charge is 2.41. The third kappa shape index (κ3) is 4.73. The third-order valence-corrected chi connectivity index (χ3v) is 3.38. The lowest BCUT2D eigenvalue weighted by Crippen LogP contribution is -2.43. The van der Waals surface area contributed by atoms with E-state index in [1.54, 1.807) is 0 Å². The SMILES string of the molecule is CCCC1(CNC(=O)C(N)CCC(=O)O)CC1. The van der Waals surface area contributed by atoms with Gasteiger partial charge in [-0.05, 0) is 31.1 Å². The van der Waals surface area contributed by atoms with E-state index in [-0.39, 0.29) is 18.7 Å². The number of carbonyl (C=O) groups excluding carboxylic acids is 1. The van der Waals surface area contributed by atoms with Crippen LogP contribution in [0, 0.1) is 5.41 Å². The zero-order valence-electron chi connectivity index (χ0n) is 10.4. The minimum absolute atomic E-state index is 0.0608. The van der Waals surface area contributed by atoms with Crippen molar-refractivity contribution in [3.8, 4) is 0 Å². The fraction of sp³-hybridized carbons (Fsp3) is 0.833. The highest BCUT2D eigenvalue weighted by Crippen LogP contribution is 2.48. The summed E-state index contributed by atoms with van der Waals surface area (Å²) in [7, 11) is 0. The molecule has 1 rings (SSSR count). The molecule has 0 aliphatic heterocycles. The van der Waals surface area contributed by atoms with E-state index in [1.807, 2.05) is 0 Å². The summed E-state index contributed by atoms with van der Waals surface area (Å²) in [5.41, 5.74) is 5.92. The van der Waals surface area contributed by atoms with Crippen molar-refractivity contribution in [1.82, 2.24) is 5.32 Å². The van der Waals surface area contributed by atoms with Crippen molar-refractivity contribution >= 4 is 11.9 Å². The van der Waals surface area contributed by atoms with Crippen LogP contribution in [0.2, 0.25) is 0 Å². The van der Waals surface area contributed by atoms with Gasteiger partial charge in [0.2, 0.25) is 5.91 Å². The standard InChI is InChI=1S/C12H22N2O3/c1-2-5-12(6-7-12)8-14-11(17)9(13)3-4-10(15)16/h9H,2-8,13H2,1H3,(H,14,17)(H,15,16). The molecule has 0 bridgehead atoms. The van der Waals surface area contributed by atoms with Gasteiger partial charge in [0.1, 0.15) is 0 Å². The van der Waals surface area contributed by atoms with Crippen molar-refractivity contribution in [2.75, 3.05) is 6.54 Å². The summed E-state index contributed by atoms with van der Waals surface area (Å²) in [6.07, 6.45) is 4.74. The van der Waals surface area contributed by atoms with Crippen LogP contribution in [-0.4, -0.2) is 29.6 Å². The maximum Gasteiger partial charge on any atom is 0.303 e. The lowest BCUT2D eigenvalue weighted by atomic mass is 10.0. The first-order valence-corrected chi connectivity index (χ1v) is 6.24. The predicted octanol–water partition coefficient (Wildman–Crippen LogP) is 0.875. The molecule has 1 amide bonds. The summed E-state index contributed by atoms with van der Waals surface area (Å²) in [5.74, 6) is -1.15. The van der Waals surface area contributed by atoms with E-state index in [0.29, 0.717) is 12.0 Å². The van der Waals surface area contributed by atoms with Gasteiger partial charge in [-0.25, -0.2) is 0 Å². The summed E-state index contributed by atoms with van der Waals surface area (Å²) in [5, 5.41) is 11.3. The Morgan fingerprint density at radius 2 is 2.12 bits per heavy atom. The fourth-order valence-electron chi connectivity index (χ4n) is 2.04. The van der Waals surface area contributed by atoms with Crippen LogP contribution in [0.3, 0.4) is 0 Å². The van der Waals surface area contributed by atoms with Gasteiger partial charge in [-0.15, -0.1) is 0 Å². The Morgan fingerprint density at radius 3 is 2.59 bits per heavy atom. The number of carboxylic acid groups (broad SMARTS) is 1. The van der Waals surface area contributed by atoms with Crippen LogP contribution in [0.5, 0.6) is 0 Å². The molecule has 0 aromatic carbocycles. The molecule has 0 saturated heterocycles. The maximum atomic E-state index is 11.6. The van der Waals surface area contributed by atoms with Crippen LogP contribution in [0.1, 0.15) is 45.4 Å². The molecule has 4 N–H and O–H groups in total. The number of rotatable bonds is 8. The monoisotopic (exact) mass is 242 g/mol.